The summed E-state index contributed by atoms with van der Waals surface area (Å²) in [5.74, 6) is 0.590. The maximum atomic E-state index is 11.9. The average molecular weight is 348 g/mol. The maximum Gasteiger partial charge on any atom is 0.239 e. The van der Waals surface area contributed by atoms with E-state index >= 15 is 0 Å². The molecule has 25 heavy (non-hydrogen) atoms. The lowest BCUT2D eigenvalue weighted by molar-refractivity contribution is -0.121. The van der Waals surface area contributed by atoms with Gasteiger partial charge in [-0.3, -0.25) is 4.79 Å². The summed E-state index contributed by atoms with van der Waals surface area (Å²) in [4.78, 5) is 18.6. The molecular weight excluding hydrogens is 314 g/mol. The van der Waals surface area contributed by atoms with Crippen LogP contribution in [0.5, 0.6) is 0 Å². The minimum absolute atomic E-state index is 0.0513. The van der Waals surface area contributed by atoms with E-state index in [2.05, 4.69) is 51.0 Å². The Morgan fingerprint density at radius 2 is 1.88 bits per heavy atom. The van der Waals surface area contributed by atoms with Gasteiger partial charge in [0.1, 0.15) is 0 Å². The van der Waals surface area contributed by atoms with Crippen molar-refractivity contribution in [3.63, 3.8) is 0 Å². The van der Waals surface area contributed by atoms with Crippen molar-refractivity contribution in [2.75, 3.05) is 32.1 Å². The predicted molar refractivity (Wildman–Crippen MR) is 106 cm³/mol. The van der Waals surface area contributed by atoms with Crippen LogP contribution in [0, 0.1) is 6.92 Å². The molecule has 0 aliphatic rings. The minimum Gasteiger partial charge on any atom is -0.378 e. The summed E-state index contributed by atoms with van der Waals surface area (Å²) in [7, 11) is 4.06. The van der Waals surface area contributed by atoms with E-state index in [1.165, 1.54) is 16.8 Å². The van der Waals surface area contributed by atoms with Crippen LogP contribution in [0.1, 0.15) is 38.8 Å². The molecule has 0 aromatic heterocycles. The Morgan fingerprint density at radius 1 is 1.20 bits per heavy atom. The van der Waals surface area contributed by atoms with Crippen LogP contribution in [0.4, 0.5) is 5.69 Å². The molecule has 0 aliphatic carbocycles. The van der Waals surface area contributed by atoms with Crippen LogP contribution in [-0.4, -0.2) is 44.6 Å². The fourth-order valence-electron chi connectivity index (χ4n) is 2.27. The topological polar surface area (TPSA) is 68.8 Å². The first-order valence-corrected chi connectivity index (χ1v) is 8.72. The number of benzene rings is 1. The smallest absolute Gasteiger partial charge is 0.239 e. The van der Waals surface area contributed by atoms with Crippen LogP contribution < -0.4 is 20.9 Å². The number of carbonyl (C=O) groups is 1. The molecule has 3 N–H and O–H groups in total. The van der Waals surface area contributed by atoms with Crippen molar-refractivity contribution in [3.8, 4) is 0 Å². The average Bonchev–Trinajstić information content (AvgIpc) is 2.49. The number of amides is 1. The third kappa shape index (κ3) is 7.92. The van der Waals surface area contributed by atoms with Gasteiger partial charge in [-0.1, -0.05) is 6.07 Å². The lowest BCUT2D eigenvalue weighted by Crippen LogP contribution is -2.48. The molecule has 6 nitrogen and oxygen atoms in total. The molecule has 140 valence electrons. The Kier molecular flexibility index (Phi) is 7.74. The maximum absolute atomic E-state index is 11.9. The number of nitrogens with zero attached hydrogens (tertiary/aromatic N) is 2. The Bertz CT molecular complexity index is 602. The molecule has 1 rings (SSSR count). The van der Waals surface area contributed by atoms with Crippen LogP contribution in [0.15, 0.2) is 23.2 Å². The van der Waals surface area contributed by atoms with Crippen LogP contribution in [-0.2, 0) is 11.3 Å². The fraction of sp³-hybridized carbons (Fsp3) is 0.579. The van der Waals surface area contributed by atoms with Crippen LogP contribution in [0.25, 0.3) is 0 Å². The standard InChI is InChI=1S/C19H33N5O/c1-8-20-18(22-13-17(25)23-19(3,4)5)21-12-15-9-10-16(24(6)7)11-14(15)2/h9-11H,8,12-13H2,1-7H3,(H,23,25)(H2,20,21,22). The van der Waals surface area contributed by atoms with E-state index in [0.29, 0.717) is 12.5 Å². The number of nitrogens with one attached hydrogen (secondary N) is 3. The van der Waals surface area contributed by atoms with Crippen LogP contribution in [0.2, 0.25) is 0 Å². The third-order valence-corrected chi connectivity index (χ3v) is 3.53. The number of rotatable bonds is 6. The molecular formula is C19H33N5O. The molecule has 1 aromatic carbocycles. The summed E-state index contributed by atoms with van der Waals surface area (Å²) >= 11 is 0. The van der Waals surface area contributed by atoms with Gasteiger partial charge in [0.15, 0.2) is 5.96 Å². The van der Waals surface area contributed by atoms with Gasteiger partial charge in [0.2, 0.25) is 5.91 Å². The number of aryl methyl sites for hydroxylation is 1. The summed E-state index contributed by atoms with van der Waals surface area (Å²) in [5, 5.41) is 9.18. The van der Waals surface area contributed by atoms with Gasteiger partial charge in [-0.25, -0.2) is 4.99 Å². The van der Waals surface area contributed by atoms with Crippen LogP contribution in [0.3, 0.4) is 0 Å². The normalized spacial score (nSPS) is 11.9. The van der Waals surface area contributed by atoms with E-state index in [0.717, 1.165) is 6.54 Å². The van der Waals surface area contributed by atoms with Gasteiger partial charge in [0.25, 0.3) is 0 Å². The third-order valence-electron chi connectivity index (χ3n) is 3.53. The second-order valence-electron chi connectivity index (χ2n) is 7.35. The van der Waals surface area contributed by atoms with Gasteiger partial charge in [-0.05, 0) is 57.9 Å². The Balaban J connectivity index is 2.71. The van der Waals surface area contributed by atoms with E-state index in [1.807, 2.05) is 41.8 Å². The molecule has 0 spiro atoms. The largest absolute Gasteiger partial charge is 0.378 e. The number of hydrogen-bond acceptors (Lipinski definition) is 3. The highest BCUT2D eigenvalue weighted by atomic mass is 16.2. The van der Waals surface area contributed by atoms with E-state index < -0.39 is 0 Å². The fourth-order valence-corrected chi connectivity index (χ4v) is 2.27. The van der Waals surface area contributed by atoms with Crippen molar-refractivity contribution in [1.29, 1.82) is 0 Å². The monoisotopic (exact) mass is 347 g/mol. The van der Waals surface area contributed by atoms with Gasteiger partial charge in [-0.15, -0.1) is 0 Å². The van der Waals surface area contributed by atoms with Crippen molar-refractivity contribution in [3.05, 3.63) is 29.3 Å². The highest BCUT2D eigenvalue weighted by molar-refractivity contribution is 5.86. The molecule has 0 heterocycles. The van der Waals surface area contributed by atoms with Gasteiger partial charge < -0.3 is 20.9 Å². The van der Waals surface area contributed by atoms with Crippen molar-refractivity contribution in [2.45, 2.75) is 46.7 Å². The predicted octanol–water partition coefficient (Wildman–Crippen LogP) is 2.03. The van der Waals surface area contributed by atoms with Gasteiger partial charge in [0.05, 0.1) is 13.1 Å². The summed E-state index contributed by atoms with van der Waals surface area (Å²) in [5.41, 5.74) is 3.31. The SMILES string of the molecule is CCNC(=NCc1ccc(N(C)C)cc1C)NCC(=O)NC(C)(C)C. The molecule has 0 saturated carbocycles. The van der Waals surface area contributed by atoms with Crippen molar-refractivity contribution >= 4 is 17.6 Å². The number of aliphatic imine (C=N–C) groups is 1. The second-order valence-corrected chi connectivity index (χ2v) is 7.35. The van der Waals surface area contributed by atoms with E-state index in [9.17, 15) is 4.79 Å². The highest BCUT2D eigenvalue weighted by Gasteiger charge is 2.13. The first kappa shape index (κ1) is 20.8. The van der Waals surface area contributed by atoms with Gasteiger partial charge in [0, 0.05) is 31.9 Å². The Labute approximate surface area is 152 Å². The molecule has 0 aliphatic heterocycles. The molecule has 0 radical (unpaired) electrons. The van der Waals surface area contributed by atoms with Gasteiger partial charge >= 0.3 is 0 Å². The summed E-state index contributed by atoms with van der Waals surface area (Å²) < 4.78 is 0. The quantitative estimate of drug-likeness (QED) is 0.544. The number of carbonyl (C=O) groups excluding carboxylic acids is 1. The number of anilines is 1. The summed E-state index contributed by atoms with van der Waals surface area (Å²) in [6.45, 7) is 11.5. The lowest BCUT2D eigenvalue weighted by atomic mass is 10.1. The summed E-state index contributed by atoms with van der Waals surface area (Å²) in [6.07, 6.45) is 0. The Morgan fingerprint density at radius 3 is 2.40 bits per heavy atom. The molecule has 6 heteroatoms. The van der Waals surface area contributed by atoms with Crippen molar-refractivity contribution in [2.24, 2.45) is 4.99 Å². The zero-order valence-electron chi connectivity index (χ0n) is 16.7. The van der Waals surface area contributed by atoms with Crippen molar-refractivity contribution in [1.82, 2.24) is 16.0 Å². The molecule has 0 unspecified atom stereocenters. The molecule has 0 fully saturated rings. The minimum atomic E-state index is -0.237. The van der Waals surface area contributed by atoms with Crippen LogP contribution >= 0.6 is 0 Å². The second kappa shape index (κ2) is 9.30. The molecule has 0 atom stereocenters. The lowest BCUT2D eigenvalue weighted by Gasteiger charge is -2.21. The van der Waals surface area contributed by atoms with E-state index in [4.69, 9.17) is 0 Å². The zero-order valence-corrected chi connectivity index (χ0v) is 16.7. The van der Waals surface area contributed by atoms with E-state index in [1.54, 1.807) is 0 Å². The highest BCUT2D eigenvalue weighted by Crippen LogP contribution is 2.17. The molecule has 0 bridgehead atoms. The molecule has 1 amide bonds. The zero-order chi connectivity index (χ0) is 19.0. The molecule has 0 saturated heterocycles. The first-order valence-electron chi connectivity index (χ1n) is 8.72. The van der Waals surface area contributed by atoms with E-state index in [-0.39, 0.29) is 18.0 Å². The van der Waals surface area contributed by atoms with Gasteiger partial charge in [-0.2, -0.15) is 0 Å². The Hall–Kier alpha value is -2.24. The first-order chi connectivity index (χ1) is 11.6. The number of hydrogen-bond donors (Lipinski definition) is 3. The number of guanidine groups is 1. The molecule has 1 aromatic rings. The summed E-state index contributed by atoms with van der Waals surface area (Å²) in [6, 6.07) is 6.35. The van der Waals surface area contributed by atoms with Crippen molar-refractivity contribution < 1.29 is 4.79 Å².